The predicted octanol–water partition coefficient (Wildman–Crippen LogP) is 2.56. The summed E-state index contributed by atoms with van der Waals surface area (Å²) < 4.78 is 0. The molecule has 2 aromatic rings. The SMILES string of the molecule is Cc1cccc(Cc2cccc(N)n2)c1. The second-order valence-electron chi connectivity index (χ2n) is 3.72. The monoisotopic (exact) mass is 198 g/mol. The molecule has 0 spiro atoms. The number of pyridine rings is 1. The van der Waals surface area contributed by atoms with Gasteiger partial charge in [-0.15, -0.1) is 0 Å². The molecule has 1 aromatic carbocycles. The Balaban J connectivity index is 2.22. The molecule has 0 saturated carbocycles. The fraction of sp³-hybridized carbons (Fsp3) is 0.154. The van der Waals surface area contributed by atoms with Crippen LogP contribution < -0.4 is 5.73 Å². The number of hydrogen-bond acceptors (Lipinski definition) is 2. The highest BCUT2D eigenvalue weighted by atomic mass is 14.8. The summed E-state index contributed by atoms with van der Waals surface area (Å²) in [6.07, 6.45) is 0.840. The topological polar surface area (TPSA) is 38.9 Å². The molecule has 15 heavy (non-hydrogen) atoms. The van der Waals surface area contributed by atoms with E-state index in [4.69, 9.17) is 5.73 Å². The van der Waals surface area contributed by atoms with Crippen molar-refractivity contribution in [2.75, 3.05) is 5.73 Å². The fourth-order valence-corrected chi connectivity index (χ4v) is 1.63. The summed E-state index contributed by atoms with van der Waals surface area (Å²) >= 11 is 0. The molecular weight excluding hydrogens is 184 g/mol. The van der Waals surface area contributed by atoms with Crippen LogP contribution in [0, 0.1) is 6.92 Å². The van der Waals surface area contributed by atoms with Crippen molar-refractivity contribution in [1.29, 1.82) is 0 Å². The Morgan fingerprint density at radius 1 is 1.13 bits per heavy atom. The Labute approximate surface area is 89.8 Å². The summed E-state index contributed by atoms with van der Waals surface area (Å²) in [5, 5.41) is 0. The van der Waals surface area contributed by atoms with Gasteiger partial charge < -0.3 is 5.73 Å². The van der Waals surface area contributed by atoms with Gasteiger partial charge in [-0.05, 0) is 24.6 Å². The molecule has 1 heterocycles. The summed E-state index contributed by atoms with van der Waals surface area (Å²) in [7, 11) is 0. The molecule has 1 aromatic heterocycles. The van der Waals surface area contributed by atoms with E-state index in [0.29, 0.717) is 5.82 Å². The lowest BCUT2D eigenvalue weighted by molar-refractivity contribution is 1.08. The van der Waals surface area contributed by atoms with Gasteiger partial charge in [0.2, 0.25) is 0 Å². The van der Waals surface area contributed by atoms with Crippen LogP contribution in [0.2, 0.25) is 0 Å². The van der Waals surface area contributed by atoms with Gasteiger partial charge in [-0.2, -0.15) is 0 Å². The van der Waals surface area contributed by atoms with Crippen molar-refractivity contribution in [3.05, 3.63) is 59.3 Å². The average Bonchev–Trinajstić information content (AvgIpc) is 2.17. The first-order valence-corrected chi connectivity index (χ1v) is 5.01. The standard InChI is InChI=1S/C13H14N2/c1-10-4-2-5-11(8-10)9-12-6-3-7-13(14)15-12/h2-8H,9H2,1H3,(H2,14,15). The molecule has 0 saturated heterocycles. The van der Waals surface area contributed by atoms with E-state index in [1.54, 1.807) is 6.07 Å². The largest absolute Gasteiger partial charge is 0.384 e. The van der Waals surface area contributed by atoms with Crippen molar-refractivity contribution < 1.29 is 0 Å². The quantitative estimate of drug-likeness (QED) is 0.805. The number of nitrogen functional groups attached to an aromatic ring is 1. The minimum absolute atomic E-state index is 0.583. The third-order valence-electron chi connectivity index (χ3n) is 2.30. The highest BCUT2D eigenvalue weighted by Crippen LogP contribution is 2.10. The van der Waals surface area contributed by atoms with Crippen LogP contribution in [0.4, 0.5) is 5.82 Å². The Hall–Kier alpha value is -1.83. The zero-order chi connectivity index (χ0) is 10.7. The maximum Gasteiger partial charge on any atom is 0.123 e. The van der Waals surface area contributed by atoms with Gasteiger partial charge >= 0.3 is 0 Å². The minimum atomic E-state index is 0.583. The number of hydrogen-bond donors (Lipinski definition) is 1. The van der Waals surface area contributed by atoms with Gasteiger partial charge in [0.1, 0.15) is 5.82 Å². The van der Waals surface area contributed by atoms with Gasteiger partial charge in [0.05, 0.1) is 0 Å². The van der Waals surface area contributed by atoms with E-state index in [2.05, 4.69) is 36.2 Å². The number of anilines is 1. The Morgan fingerprint density at radius 3 is 2.67 bits per heavy atom. The normalized spacial score (nSPS) is 10.2. The predicted molar refractivity (Wildman–Crippen MR) is 62.6 cm³/mol. The van der Waals surface area contributed by atoms with Crippen LogP contribution in [0.15, 0.2) is 42.5 Å². The first-order valence-electron chi connectivity index (χ1n) is 5.01. The van der Waals surface area contributed by atoms with Crippen LogP contribution in [0.1, 0.15) is 16.8 Å². The molecule has 0 bridgehead atoms. The molecule has 2 heteroatoms. The van der Waals surface area contributed by atoms with E-state index in [1.165, 1.54) is 11.1 Å². The molecule has 0 aliphatic rings. The van der Waals surface area contributed by atoms with Crippen LogP contribution >= 0.6 is 0 Å². The molecular formula is C13H14N2. The smallest absolute Gasteiger partial charge is 0.123 e. The van der Waals surface area contributed by atoms with E-state index in [0.717, 1.165) is 12.1 Å². The fourth-order valence-electron chi connectivity index (χ4n) is 1.63. The molecule has 76 valence electrons. The lowest BCUT2D eigenvalue weighted by Crippen LogP contribution is -1.96. The van der Waals surface area contributed by atoms with Crippen molar-refractivity contribution in [3.63, 3.8) is 0 Å². The molecule has 0 aliphatic heterocycles. The second-order valence-corrected chi connectivity index (χ2v) is 3.72. The maximum atomic E-state index is 5.63. The number of rotatable bonds is 2. The first-order chi connectivity index (χ1) is 7.24. The number of nitrogens with two attached hydrogens (primary N) is 1. The lowest BCUT2D eigenvalue weighted by atomic mass is 10.1. The van der Waals surface area contributed by atoms with Gasteiger partial charge in [-0.25, -0.2) is 4.98 Å². The average molecular weight is 198 g/mol. The van der Waals surface area contributed by atoms with Crippen LogP contribution in [-0.4, -0.2) is 4.98 Å². The highest BCUT2D eigenvalue weighted by molar-refractivity contribution is 5.32. The number of benzene rings is 1. The van der Waals surface area contributed by atoms with Crippen LogP contribution in [0.25, 0.3) is 0 Å². The molecule has 0 radical (unpaired) electrons. The van der Waals surface area contributed by atoms with E-state index in [9.17, 15) is 0 Å². The Morgan fingerprint density at radius 2 is 1.93 bits per heavy atom. The second kappa shape index (κ2) is 4.13. The molecule has 2 rings (SSSR count). The van der Waals surface area contributed by atoms with Gasteiger partial charge in [-0.1, -0.05) is 35.9 Å². The van der Waals surface area contributed by atoms with E-state index in [1.807, 2.05) is 12.1 Å². The molecule has 0 fully saturated rings. The van der Waals surface area contributed by atoms with Crippen molar-refractivity contribution in [1.82, 2.24) is 4.98 Å². The van der Waals surface area contributed by atoms with Gasteiger partial charge in [-0.3, -0.25) is 0 Å². The highest BCUT2D eigenvalue weighted by Gasteiger charge is 1.98. The molecule has 0 atom stereocenters. The first kappa shape index (κ1) is 9.71. The molecule has 0 unspecified atom stereocenters. The van der Waals surface area contributed by atoms with E-state index < -0.39 is 0 Å². The summed E-state index contributed by atoms with van der Waals surface area (Å²) in [6.45, 7) is 2.09. The molecule has 0 aliphatic carbocycles. The zero-order valence-corrected chi connectivity index (χ0v) is 8.77. The molecule has 2 N–H and O–H groups in total. The molecule has 0 amide bonds. The Kier molecular flexibility index (Phi) is 2.68. The number of aromatic nitrogens is 1. The lowest BCUT2D eigenvalue weighted by Gasteiger charge is -2.03. The van der Waals surface area contributed by atoms with Crippen molar-refractivity contribution in [3.8, 4) is 0 Å². The van der Waals surface area contributed by atoms with Crippen LogP contribution in [0.5, 0.6) is 0 Å². The van der Waals surface area contributed by atoms with Crippen LogP contribution in [-0.2, 0) is 6.42 Å². The Bertz CT molecular complexity index is 420. The minimum Gasteiger partial charge on any atom is -0.384 e. The van der Waals surface area contributed by atoms with E-state index in [-0.39, 0.29) is 0 Å². The van der Waals surface area contributed by atoms with Crippen LogP contribution in [0.3, 0.4) is 0 Å². The number of nitrogens with zero attached hydrogens (tertiary/aromatic N) is 1. The molecule has 2 nitrogen and oxygen atoms in total. The van der Waals surface area contributed by atoms with Gasteiger partial charge in [0.15, 0.2) is 0 Å². The van der Waals surface area contributed by atoms with Gasteiger partial charge in [0, 0.05) is 12.1 Å². The number of aryl methyl sites for hydroxylation is 1. The summed E-state index contributed by atoms with van der Waals surface area (Å²) in [4.78, 5) is 4.28. The van der Waals surface area contributed by atoms with Gasteiger partial charge in [0.25, 0.3) is 0 Å². The van der Waals surface area contributed by atoms with Crippen molar-refractivity contribution >= 4 is 5.82 Å². The third kappa shape index (κ3) is 2.56. The maximum absolute atomic E-state index is 5.63. The summed E-state index contributed by atoms with van der Waals surface area (Å²) in [6, 6.07) is 14.2. The van der Waals surface area contributed by atoms with Crippen molar-refractivity contribution in [2.45, 2.75) is 13.3 Å². The summed E-state index contributed by atoms with van der Waals surface area (Å²) in [5.74, 6) is 0.583. The zero-order valence-electron chi connectivity index (χ0n) is 8.77. The summed E-state index contributed by atoms with van der Waals surface area (Å²) in [5.41, 5.74) is 9.19. The van der Waals surface area contributed by atoms with Crippen molar-refractivity contribution in [2.24, 2.45) is 0 Å². The van der Waals surface area contributed by atoms with E-state index >= 15 is 0 Å². The third-order valence-corrected chi connectivity index (χ3v) is 2.30.